The van der Waals surface area contributed by atoms with Crippen LogP contribution in [0.2, 0.25) is 0 Å². The predicted molar refractivity (Wildman–Crippen MR) is 93.1 cm³/mol. The number of nitrogens with one attached hydrogen (secondary N) is 1. The Morgan fingerprint density at radius 3 is 2.74 bits per heavy atom. The van der Waals surface area contributed by atoms with Gasteiger partial charge in [-0.2, -0.15) is 0 Å². The van der Waals surface area contributed by atoms with Gasteiger partial charge in [0, 0.05) is 32.0 Å². The summed E-state index contributed by atoms with van der Waals surface area (Å²) >= 11 is 0. The smallest absolute Gasteiger partial charge is 0.236 e. The van der Waals surface area contributed by atoms with Crippen molar-refractivity contribution in [3.63, 3.8) is 0 Å². The van der Waals surface area contributed by atoms with Crippen LogP contribution in [0.25, 0.3) is 0 Å². The Labute approximate surface area is 144 Å². The fourth-order valence-corrected chi connectivity index (χ4v) is 2.77. The van der Waals surface area contributed by atoms with E-state index in [1.807, 2.05) is 42.2 Å². The third kappa shape index (κ3) is 5.84. The molecule has 1 aromatic rings. The lowest BCUT2D eigenvalue weighted by Gasteiger charge is -2.17. The molecule has 0 radical (unpaired) electrons. The summed E-state index contributed by atoms with van der Waals surface area (Å²) in [7, 11) is 0. The van der Waals surface area contributed by atoms with Crippen molar-refractivity contribution in [2.75, 3.05) is 13.1 Å². The Morgan fingerprint density at radius 1 is 1.39 bits per heavy atom. The van der Waals surface area contributed by atoms with Crippen LogP contribution >= 0.6 is 12.4 Å². The number of carbonyl (C=O) groups is 2. The first-order chi connectivity index (χ1) is 10.6. The van der Waals surface area contributed by atoms with Crippen molar-refractivity contribution < 1.29 is 9.59 Å². The SMILES string of the molecule is CCCC(N)C(=O)NCC1CC(=O)N(Cc2ccccc2)C1.Cl. The largest absolute Gasteiger partial charge is 0.354 e. The molecular weight excluding hydrogens is 314 g/mol. The highest BCUT2D eigenvalue weighted by molar-refractivity contribution is 5.85. The molecule has 128 valence electrons. The molecule has 0 aromatic heterocycles. The molecule has 0 spiro atoms. The Balaban J connectivity index is 0.00000264. The van der Waals surface area contributed by atoms with Gasteiger partial charge in [0.05, 0.1) is 6.04 Å². The summed E-state index contributed by atoms with van der Waals surface area (Å²) in [6.07, 6.45) is 2.08. The van der Waals surface area contributed by atoms with E-state index in [2.05, 4.69) is 5.32 Å². The molecule has 23 heavy (non-hydrogen) atoms. The number of benzene rings is 1. The summed E-state index contributed by atoms with van der Waals surface area (Å²) in [6.45, 7) is 3.86. The standard InChI is InChI=1S/C17H25N3O2.ClH/c1-2-6-15(18)17(22)19-10-14-9-16(21)20(12-14)11-13-7-4-3-5-8-13;/h3-5,7-8,14-15H,2,6,9-12,18H2,1H3,(H,19,22);1H. The predicted octanol–water partition coefficient (Wildman–Crippen LogP) is 1.70. The number of likely N-dealkylation sites (tertiary alicyclic amines) is 1. The number of halogens is 1. The van der Waals surface area contributed by atoms with Gasteiger partial charge in [0.15, 0.2) is 0 Å². The molecule has 1 saturated heterocycles. The van der Waals surface area contributed by atoms with Gasteiger partial charge in [-0.05, 0) is 12.0 Å². The van der Waals surface area contributed by atoms with Crippen LogP contribution in [0.15, 0.2) is 30.3 Å². The molecular formula is C17H26ClN3O2. The van der Waals surface area contributed by atoms with Crippen molar-refractivity contribution >= 4 is 24.2 Å². The normalized spacial score (nSPS) is 18.4. The number of nitrogens with zero attached hydrogens (tertiary/aromatic N) is 1. The van der Waals surface area contributed by atoms with Crippen molar-refractivity contribution in [2.24, 2.45) is 11.7 Å². The third-order valence-corrected chi connectivity index (χ3v) is 4.01. The van der Waals surface area contributed by atoms with E-state index < -0.39 is 6.04 Å². The molecule has 1 aliphatic rings. The molecule has 2 unspecified atom stereocenters. The molecule has 0 aliphatic carbocycles. The molecule has 1 fully saturated rings. The monoisotopic (exact) mass is 339 g/mol. The van der Waals surface area contributed by atoms with Gasteiger partial charge in [-0.25, -0.2) is 0 Å². The summed E-state index contributed by atoms with van der Waals surface area (Å²) in [5.74, 6) is 0.214. The maximum Gasteiger partial charge on any atom is 0.236 e. The second-order valence-electron chi connectivity index (χ2n) is 5.97. The van der Waals surface area contributed by atoms with E-state index >= 15 is 0 Å². The van der Waals surface area contributed by atoms with Crippen LogP contribution in [-0.2, 0) is 16.1 Å². The van der Waals surface area contributed by atoms with E-state index in [0.717, 1.165) is 12.0 Å². The fraction of sp³-hybridized carbons (Fsp3) is 0.529. The van der Waals surface area contributed by atoms with E-state index in [-0.39, 0.29) is 30.1 Å². The van der Waals surface area contributed by atoms with Crippen LogP contribution in [0.3, 0.4) is 0 Å². The molecule has 0 saturated carbocycles. The Morgan fingerprint density at radius 2 is 2.09 bits per heavy atom. The molecule has 5 nitrogen and oxygen atoms in total. The zero-order valence-electron chi connectivity index (χ0n) is 13.5. The number of nitrogens with two attached hydrogens (primary N) is 1. The Hall–Kier alpha value is -1.59. The van der Waals surface area contributed by atoms with E-state index in [0.29, 0.717) is 32.5 Å². The molecule has 2 amide bonds. The number of carbonyl (C=O) groups excluding carboxylic acids is 2. The lowest BCUT2D eigenvalue weighted by molar-refractivity contribution is -0.128. The topological polar surface area (TPSA) is 75.4 Å². The molecule has 2 atom stereocenters. The molecule has 2 rings (SSSR count). The van der Waals surface area contributed by atoms with Gasteiger partial charge in [-0.1, -0.05) is 43.7 Å². The Kier molecular flexibility index (Phi) is 8.06. The molecule has 1 heterocycles. The van der Waals surface area contributed by atoms with E-state index in [1.54, 1.807) is 0 Å². The minimum atomic E-state index is -0.442. The molecule has 3 N–H and O–H groups in total. The van der Waals surface area contributed by atoms with Gasteiger partial charge in [0.1, 0.15) is 0 Å². The summed E-state index contributed by atoms with van der Waals surface area (Å²) < 4.78 is 0. The van der Waals surface area contributed by atoms with Crippen molar-refractivity contribution in [1.29, 1.82) is 0 Å². The number of hydrogen-bond donors (Lipinski definition) is 2. The van der Waals surface area contributed by atoms with Gasteiger partial charge in [0.2, 0.25) is 11.8 Å². The first kappa shape index (κ1) is 19.5. The molecule has 1 aromatic carbocycles. The van der Waals surface area contributed by atoms with Crippen LogP contribution in [0.1, 0.15) is 31.7 Å². The van der Waals surface area contributed by atoms with E-state index in [4.69, 9.17) is 5.73 Å². The number of amides is 2. The van der Waals surface area contributed by atoms with Crippen LogP contribution in [-0.4, -0.2) is 35.8 Å². The second-order valence-corrected chi connectivity index (χ2v) is 5.97. The zero-order valence-corrected chi connectivity index (χ0v) is 14.3. The van der Waals surface area contributed by atoms with Gasteiger partial charge in [-0.3, -0.25) is 9.59 Å². The molecule has 6 heteroatoms. The van der Waals surface area contributed by atoms with Crippen molar-refractivity contribution in [2.45, 2.75) is 38.8 Å². The van der Waals surface area contributed by atoms with Crippen molar-refractivity contribution in [3.8, 4) is 0 Å². The second kappa shape index (κ2) is 9.53. The highest BCUT2D eigenvalue weighted by atomic mass is 35.5. The number of rotatable bonds is 7. The van der Waals surface area contributed by atoms with Crippen LogP contribution in [0.4, 0.5) is 0 Å². The highest BCUT2D eigenvalue weighted by Gasteiger charge is 2.29. The molecule has 0 bridgehead atoms. The zero-order chi connectivity index (χ0) is 15.9. The number of hydrogen-bond acceptors (Lipinski definition) is 3. The van der Waals surface area contributed by atoms with Gasteiger partial charge in [-0.15, -0.1) is 12.4 Å². The maximum atomic E-state index is 12.1. The Bertz CT molecular complexity index is 510. The fourth-order valence-electron chi connectivity index (χ4n) is 2.77. The van der Waals surface area contributed by atoms with E-state index in [1.165, 1.54) is 0 Å². The minimum absolute atomic E-state index is 0. The summed E-state index contributed by atoms with van der Waals surface area (Å²) in [4.78, 5) is 25.7. The van der Waals surface area contributed by atoms with Crippen molar-refractivity contribution in [1.82, 2.24) is 10.2 Å². The quantitative estimate of drug-likeness (QED) is 0.794. The van der Waals surface area contributed by atoms with E-state index in [9.17, 15) is 9.59 Å². The van der Waals surface area contributed by atoms with Gasteiger partial charge >= 0.3 is 0 Å². The van der Waals surface area contributed by atoms with Crippen LogP contribution < -0.4 is 11.1 Å². The van der Waals surface area contributed by atoms with Crippen LogP contribution in [0, 0.1) is 5.92 Å². The first-order valence-corrected chi connectivity index (χ1v) is 7.95. The third-order valence-electron chi connectivity index (χ3n) is 4.01. The van der Waals surface area contributed by atoms with Gasteiger partial charge in [0.25, 0.3) is 0 Å². The average Bonchev–Trinajstić information content (AvgIpc) is 2.86. The van der Waals surface area contributed by atoms with Crippen molar-refractivity contribution in [3.05, 3.63) is 35.9 Å². The highest BCUT2D eigenvalue weighted by Crippen LogP contribution is 2.19. The average molecular weight is 340 g/mol. The molecule has 1 aliphatic heterocycles. The summed E-state index contributed by atoms with van der Waals surface area (Å²) in [5, 5.41) is 2.87. The van der Waals surface area contributed by atoms with Gasteiger partial charge < -0.3 is 16.0 Å². The maximum absolute atomic E-state index is 12.1. The lowest BCUT2D eigenvalue weighted by Crippen LogP contribution is -2.42. The summed E-state index contributed by atoms with van der Waals surface area (Å²) in [5.41, 5.74) is 6.91. The first-order valence-electron chi connectivity index (χ1n) is 7.95. The summed E-state index contributed by atoms with van der Waals surface area (Å²) in [6, 6.07) is 9.51. The van der Waals surface area contributed by atoms with Crippen LogP contribution in [0.5, 0.6) is 0 Å². The lowest BCUT2D eigenvalue weighted by atomic mass is 10.1. The minimum Gasteiger partial charge on any atom is -0.354 e.